The molecule has 21 heavy (non-hydrogen) atoms. The quantitative estimate of drug-likeness (QED) is 0.790. The Morgan fingerprint density at radius 1 is 1.00 bits per heavy atom. The Morgan fingerprint density at radius 2 is 1.76 bits per heavy atom. The summed E-state index contributed by atoms with van der Waals surface area (Å²) in [5, 5.41) is 12.9. The number of hydrogen-bond acceptors (Lipinski definition) is 3. The van der Waals surface area contributed by atoms with Gasteiger partial charge < -0.3 is 10.4 Å². The minimum Gasteiger partial charge on any atom is -0.480 e. The zero-order valence-electron chi connectivity index (χ0n) is 13.1. The Bertz CT molecular complexity index is 351. The normalized spacial score (nSPS) is 32.2. The molecule has 3 fully saturated rings. The number of nitrogens with one attached hydrogen (secondary N) is 1. The van der Waals surface area contributed by atoms with Crippen LogP contribution in [0.1, 0.15) is 57.8 Å². The monoisotopic (exact) mass is 294 g/mol. The van der Waals surface area contributed by atoms with Crippen LogP contribution in [0.15, 0.2) is 0 Å². The van der Waals surface area contributed by atoms with Crippen LogP contribution in [0.2, 0.25) is 0 Å². The minimum atomic E-state index is -0.682. The number of likely N-dealkylation sites (tertiary alicyclic amines) is 1. The average molecular weight is 294 g/mol. The van der Waals surface area contributed by atoms with Crippen molar-refractivity contribution in [3.05, 3.63) is 0 Å². The fraction of sp³-hybridized carbons (Fsp3) is 0.941. The highest BCUT2D eigenvalue weighted by molar-refractivity contribution is 5.69. The largest absolute Gasteiger partial charge is 0.480 e. The van der Waals surface area contributed by atoms with Crippen LogP contribution in [0, 0.1) is 11.8 Å². The molecule has 3 aliphatic rings. The molecule has 4 nitrogen and oxygen atoms in total. The maximum atomic E-state index is 11.0. The van der Waals surface area contributed by atoms with E-state index in [1.807, 2.05) is 0 Å². The van der Waals surface area contributed by atoms with Crippen LogP contribution in [0.25, 0.3) is 0 Å². The van der Waals surface area contributed by atoms with Gasteiger partial charge in [0, 0.05) is 25.2 Å². The number of hydrogen-bond donors (Lipinski definition) is 2. The van der Waals surface area contributed by atoms with Crippen molar-refractivity contribution in [1.82, 2.24) is 10.2 Å². The predicted octanol–water partition coefficient (Wildman–Crippen LogP) is 2.48. The van der Waals surface area contributed by atoms with E-state index in [1.54, 1.807) is 0 Å². The molecule has 0 spiro atoms. The van der Waals surface area contributed by atoms with Crippen molar-refractivity contribution in [1.29, 1.82) is 0 Å². The van der Waals surface area contributed by atoms with Gasteiger partial charge in [0.05, 0.1) is 6.54 Å². The maximum Gasteiger partial charge on any atom is 0.317 e. The summed E-state index contributed by atoms with van der Waals surface area (Å²) in [4.78, 5) is 13.2. The van der Waals surface area contributed by atoms with Crippen molar-refractivity contribution in [3.63, 3.8) is 0 Å². The second-order valence-electron chi connectivity index (χ2n) is 7.57. The Balaban J connectivity index is 1.53. The van der Waals surface area contributed by atoms with Gasteiger partial charge in [0.2, 0.25) is 0 Å². The highest BCUT2D eigenvalue weighted by Gasteiger charge is 2.33. The van der Waals surface area contributed by atoms with Crippen LogP contribution in [0.3, 0.4) is 0 Å². The molecule has 1 aliphatic heterocycles. The van der Waals surface area contributed by atoms with Crippen LogP contribution >= 0.6 is 0 Å². The van der Waals surface area contributed by atoms with E-state index in [0.717, 1.165) is 19.0 Å². The van der Waals surface area contributed by atoms with Crippen molar-refractivity contribution in [2.45, 2.75) is 69.9 Å². The molecule has 0 radical (unpaired) electrons. The third-order valence-corrected chi connectivity index (χ3v) is 5.41. The summed E-state index contributed by atoms with van der Waals surface area (Å²) in [6.07, 6.45) is 12.1. The second-order valence-corrected chi connectivity index (χ2v) is 7.57. The summed E-state index contributed by atoms with van der Waals surface area (Å²) < 4.78 is 0. The van der Waals surface area contributed by atoms with Gasteiger partial charge in [-0.25, -0.2) is 0 Å². The molecule has 0 aromatic carbocycles. The number of aliphatic carboxylic acids is 1. The Hall–Kier alpha value is -0.610. The first kappa shape index (κ1) is 15.3. The van der Waals surface area contributed by atoms with Gasteiger partial charge in [-0.2, -0.15) is 0 Å². The van der Waals surface area contributed by atoms with E-state index in [9.17, 15) is 4.79 Å². The van der Waals surface area contributed by atoms with Crippen molar-refractivity contribution >= 4 is 5.97 Å². The molecule has 3 rings (SSSR count). The van der Waals surface area contributed by atoms with E-state index in [2.05, 4.69) is 10.2 Å². The minimum absolute atomic E-state index is 0.212. The fourth-order valence-corrected chi connectivity index (χ4v) is 4.34. The highest BCUT2D eigenvalue weighted by Crippen LogP contribution is 2.38. The summed E-state index contributed by atoms with van der Waals surface area (Å²) in [5.74, 6) is 0.959. The number of nitrogens with zero attached hydrogens (tertiary/aromatic N) is 1. The number of carbonyl (C=O) groups is 1. The Labute approximate surface area is 128 Å². The molecule has 1 heterocycles. The number of piperidine rings is 1. The summed E-state index contributed by atoms with van der Waals surface area (Å²) in [6.45, 7) is 2.12. The van der Waals surface area contributed by atoms with E-state index in [0.29, 0.717) is 18.0 Å². The standard InChI is InChI=1S/C17H30N2O2/c20-17(21)12-19-10-14(8-13-6-7-13)9-16(11-19)18-15-4-2-1-3-5-15/h13-16,18H,1-12H2,(H,20,21). The zero-order chi connectivity index (χ0) is 14.7. The van der Waals surface area contributed by atoms with E-state index in [4.69, 9.17) is 5.11 Å². The molecule has 2 aliphatic carbocycles. The molecule has 4 heteroatoms. The Morgan fingerprint density at radius 3 is 2.43 bits per heavy atom. The van der Waals surface area contributed by atoms with Crippen molar-refractivity contribution < 1.29 is 9.90 Å². The molecule has 2 saturated carbocycles. The smallest absolute Gasteiger partial charge is 0.317 e. The molecule has 2 N–H and O–H groups in total. The first-order chi connectivity index (χ1) is 10.2. The first-order valence-electron chi connectivity index (χ1n) is 8.89. The van der Waals surface area contributed by atoms with Crippen LogP contribution in [-0.4, -0.2) is 47.7 Å². The fourth-order valence-electron chi connectivity index (χ4n) is 4.34. The Kier molecular flexibility index (Phi) is 5.17. The van der Waals surface area contributed by atoms with Crippen LogP contribution < -0.4 is 5.32 Å². The third-order valence-electron chi connectivity index (χ3n) is 5.41. The zero-order valence-corrected chi connectivity index (χ0v) is 13.1. The number of rotatable bonds is 6. The highest BCUT2D eigenvalue weighted by atomic mass is 16.4. The number of carboxylic acids is 1. The van der Waals surface area contributed by atoms with Gasteiger partial charge in [0.15, 0.2) is 0 Å². The molecule has 0 bridgehead atoms. The lowest BCUT2D eigenvalue weighted by atomic mass is 9.88. The van der Waals surface area contributed by atoms with Gasteiger partial charge in [-0.1, -0.05) is 32.1 Å². The van der Waals surface area contributed by atoms with Gasteiger partial charge in [-0.05, 0) is 37.5 Å². The summed E-state index contributed by atoms with van der Waals surface area (Å²) in [7, 11) is 0. The summed E-state index contributed by atoms with van der Waals surface area (Å²) in [5.41, 5.74) is 0. The predicted molar refractivity (Wildman–Crippen MR) is 83.3 cm³/mol. The van der Waals surface area contributed by atoms with Gasteiger partial charge >= 0.3 is 5.97 Å². The molecule has 2 unspecified atom stereocenters. The van der Waals surface area contributed by atoms with Gasteiger partial charge in [0.1, 0.15) is 0 Å². The van der Waals surface area contributed by atoms with Gasteiger partial charge in [-0.3, -0.25) is 9.69 Å². The van der Waals surface area contributed by atoms with E-state index in [1.165, 1.54) is 57.8 Å². The van der Waals surface area contributed by atoms with Crippen LogP contribution in [-0.2, 0) is 4.79 Å². The van der Waals surface area contributed by atoms with E-state index < -0.39 is 5.97 Å². The molecular weight excluding hydrogens is 264 g/mol. The van der Waals surface area contributed by atoms with Crippen LogP contribution in [0.4, 0.5) is 0 Å². The van der Waals surface area contributed by atoms with Crippen molar-refractivity contribution in [3.8, 4) is 0 Å². The van der Waals surface area contributed by atoms with Gasteiger partial charge in [0.25, 0.3) is 0 Å². The third kappa shape index (κ3) is 4.96. The topological polar surface area (TPSA) is 52.6 Å². The lowest BCUT2D eigenvalue weighted by molar-refractivity contribution is -0.138. The lowest BCUT2D eigenvalue weighted by Gasteiger charge is -2.40. The average Bonchev–Trinajstić information content (AvgIpc) is 3.22. The molecular formula is C17H30N2O2. The van der Waals surface area contributed by atoms with E-state index in [-0.39, 0.29) is 6.54 Å². The summed E-state index contributed by atoms with van der Waals surface area (Å²) >= 11 is 0. The van der Waals surface area contributed by atoms with Crippen molar-refractivity contribution in [2.75, 3.05) is 19.6 Å². The molecule has 0 aromatic rings. The molecule has 0 aromatic heterocycles. The molecule has 0 amide bonds. The first-order valence-corrected chi connectivity index (χ1v) is 8.89. The van der Waals surface area contributed by atoms with Crippen LogP contribution in [0.5, 0.6) is 0 Å². The number of carboxylic acid groups (broad SMARTS) is 1. The SMILES string of the molecule is O=C(O)CN1CC(CC2CC2)CC(NC2CCCCC2)C1. The molecule has 120 valence electrons. The van der Waals surface area contributed by atoms with Crippen molar-refractivity contribution in [2.24, 2.45) is 11.8 Å². The van der Waals surface area contributed by atoms with Gasteiger partial charge in [-0.15, -0.1) is 0 Å². The second kappa shape index (κ2) is 7.10. The van der Waals surface area contributed by atoms with E-state index >= 15 is 0 Å². The maximum absolute atomic E-state index is 11.0. The lowest BCUT2D eigenvalue weighted by Crippen LogP contribution is -2.53. The molecule has 2 atom stereocenters. The molecule has 1 saturated heterocycles. The summed E-state index contributed by atoms with van der Waals surface area (Å²) in [6, 6.07) is 1.18.